The fraction of sp³-hybridized carbons (Fsp3) is 0.455. The monoisotopic (exact) mass is 350 g/mol. The fourth-order valence-corrected chi connectivity index (χ4v) is 1.54. The van der Waals surface area contributed by atoms with Crippen molar-refractivity contribution in [2.24, 2.45) is 0 Å². The molecule has 1 heterocycles. The van der Waals surface area contributed by atoms with E-state index in [1.165, 1.54) is 7.11 Å². The number of rotatable bonds is 2. The molecule has 1 aromatic rings. The molecule has 17 heavy (non-hydrogen) atoms. The van der Waals surface area contributed by atoms with Gasteiger partial charge < -0.3 is 9.47 Å². The molecular weight excluding hydrogens is 335 g/mol. The minimum absolute atomic E-state index is 0.358. The minimum atomic E-state index is -0.535. The molecule has 6 heteroatoms. The van der Waals surface area contributed by atoms with Gasteiger partial charge in [-0.25, -0.2) is 9.78 Å². The molecule has 1 aromatic heterocycles. The summed E-state index contributed by atoms with van der Waals surface area (Å²) in [7, 11) is 1.50. The predicted octanol–water partition coefficient (Wildman–Crippen LogP) is 3.04. The number of carbonyl (C=O) groups is 1. The number of hydrogen-bond donors (Lipinski definition) is 1. The van der Waals surface area contributed by atoms with E-state index in [0.717, 1.165) is 3.57 Å². The standard InChI is InChI=1S/C11H15IN2O3/c1-11(2,3)17-10(15)14-8-5-7(12)6-13-9(8)16-4/h5-6H,1-4H3,(H,14,15). The summed E-state index contributed by atoms with van der Waals surface area (Å²) >= 11 is 2.10. The lowest BCUT2D eigenvalue weighted by Gasteiger charge is -2.20. The van der Waals surface area contributed by atoms with Crippen LogP contribution in [0, 0.1) is 3.57 Å². The van der Waals surface area contributed by atoms with E-state index >= 15 is 0 Å². The van der Waals surface area contributed by atoms with Crippen molar-refractivity contribution in [1.82, 2.24) is 4.98 Å². The second-order valence-corrected chi connectivity index (χ2v) is 5.58. The molecule has 0 spiro atoms. The summed E-state index contributed by atoms with van der Waals surface area (Å²) in [6.07, 6.45) is 1.12. The highest BCUT2D eigenvalue weighted by Crippen LogP contribution is 2.23. The van der Waals surface area contributed by atoms with Crippen molar-refractivity contribution in [3.05, 3.63) is 15.8 Å². The van der Waals surface area contributed by atoms with Crippen LogP contribution in [-0.4, -0.2) is 23.8 Å². The number of nitrogens with zero attached hydrogens (tertiary/aromatic N) is 1. The zero-order valence-electron chi connectivity index (χ0n) is 10.2. The van der Waals surface area contributed by atoms with Gasteiger partial charge in [-0.3, -0.25) is 5.32 Å². The molecule has 0 saturated carbocycles. The van der Waals surface area contributed by atoms with Gasteiger partial charge in [0.25, 0.3) is 0 Å². The quantitative estimate of drug-likeness (QED) is 0.833. The molecule has 5 nitrogen and oxygen atoms in total. The summed E-state index contributed by atoms with van der Waals surface area (Å²) in [5, 5.41) is 2.61. The average molecular weight is 350 g/mol. The fourth-order valence-electron chi connectivity index (χ4n) is 1.09. The summed E-state index contributed by atoms with van der Waals surface area (Å²) in [6, 6.07) is 1.76. The van der Waals surface area contributed by atoms with Gasteiger partial charge in [-0.15, -0.1) is 0 Å². The Labute approximate surface area is 114 Å². The van der Waals surface area contributed by atoms with E-state index in [2.05, 4.69) is 32.9 Å². The van der Waals surface area contributed by atoms with Crippen molar-refractivity contribution in [3.8, 4) is 5.88 Å². The van der Waals surface area contributed by atoms with Crippen molar-refractivity contribution in [1.29, 1.82) is 0 Å². The topological polar surface area (TPSA) is 60.5 Å². The van der Waals surface area contributed by atoms with Crippen molar-refractivity contribution in [2.45, 2.75) is 26.4 Å². The third-order valence-electron chi connectivity index (χ3n) is 1.65. The van der Waals surface area contributed by atoms with Gasteiger partial charge in [-0.2, -0.15) is 0 Å². The van der Waals surface area contributed by atoms with E-state index < -0.39 is 11.7 Å². The van der Waals surface area contributed by atoms with Crippen LogP contribution >= 0.6 is 22.6 Å². The molecule has 0 aromatic carbocycles. The molecule has 0 radical (unpaired) electrons. The number of anilines is 1. The first-order chi connectivity index (χ1) is 7.81. The van der Waals surface area contributed by atoms with Crippen LogP contribution in [0.1, 0.15) is 20.8 Å². The predicted molar refractivity (Wildman–Crippen MR) is 73.4 cm³/mol. The van der Waals surface area contributed by atoms with Crippen LogP contribution in [0.5, 0.6) is 5.88 Å². The SMILES string of the molecule is COc1ncc(I)cc1NC(=O)OC(C)(C)C. The van der Waals surface area contributed by atoms with Gasteiger partial charge >= 0.3 is 6.09 Å². The highest BCUT2D eigenvalue weighted by Gasteiger charge is 2.17. The number of halogens is 1. The van der Waals surface area contributed by atoms with Crippen LogP contribution in [0.15, 0.2) is 12.3 Å². The molecule has 0 saturated heterocycles. The van der Waals surface area contributed by atoms with Crippen LogP contribution in [-0.2, 0) is 4.74 Å². The van der Waals surface area contributed by atoms with Gasteiger partial charge in [0.05, 0.1) is 7.11 Å². The summed E-state index contributed by atoms with van der Waals surface area (Å²) < 4.78 is 11.1. The van der Waals surface area contributed by atoms with Crippen molar-refractivity contribution in [2.75, 3.05) is 12.4 Å². The van der Waals surface area contributed by atoms with E-state index in [0.29, 0.717) is 11.6 Å². The van der Waals surface area contributed by atoms with Gasteiger partial charge in [-0.1, -0.05) is 0 Å². The average Bonchev–Trinajstić information content (AvgIpc) is 2.14. The van der Waals surface area contributed by atoms with Crippen molar-refractivity contribution >= 4 is 34.4 Å². The first-order valence-electron chi connectivity index (χ1n) is 5.01. The maximum atomic E-state index is 11.6. The Hall–Kier alpha value is -1.05. The Morgan fingerprint density at radius 1 is 1.47 bits per heavy atom. The van der Waals surface area contributed by atoms with Crippen molar-refractivity contribution < 1.29 is 14.3 Å². The molecule has 0 aliphatic heterocycles. The van der Waals surface area contributed by atoms with E-state index in [4.69, 9.17) is 9.47 Å². The summed E-state index contributed by atoms with van der Waals surface area (Å²) in [4.78, 5) is 15.6. The Morgan fingerprint density at radius 3 is 2.65 bits per heavy atom. The molecule has 0 atom stereocenters. The van der Waals surface area contributed by atoms with Crippen LogP contribution in [0.25, 0.3) is 0 Å². The number of carbonyl (C=O) groups excluding carboxylic acids is 1. The zero-order chi connectivity index (χ0) is 13.1. The molecule has 1 N–H and O–H groups in total. The van der Waals surface area contributed by atoms with Crippen LogP contribution < -0.4 is 10.1 Å². The lowest BCUT2D eigenvalue weighted by molar-refractivity contribution is 0.0635. The lowest BCUT2D eigenvalue weighted by atomic mass is 10.2. The van der Waals surface area contributed by atoms with Crippen LogP contribution in [0.3, 0.4) is 0 Å². The van der Waals surface area contributed by atoms with Gasteiger partial charge in [0.1, 0.15) is 11.3 Å². The normalized spacial score (nSPS) is 10.9. The first-order valence-corrected chi connectivity index (χ1v) is 6.09. The number of methoxy groups -OCH3 is 1. The van der Waals surface area contributed by atoms with Gasteiger partial charge in [0, 0.05) is 9.77 Å². The third kappa shape index (κ3) is 4.76. The lowest BCUT2D eigenvalue weighted by Crippen LogP contribution is -2.27. The zero-order valence-corrected chi connectivity index (χ0v) is 12.4. The minimum Gasteiger partial charge on any atom is -0.480 e. The van der Waals surface area contributed by atoms with Gasteiger partial charge in [-0.05, 0) is 49.4 Å². The highest BCUT2D eigenvalue weighted by atomic mass is 127. The van der Waals surface area contributed by atoms with E-state index in [-0.39, 0.29) is 0 Å². The van der Waals surface area contributed by atoms with E-state index in [9.17, 15) is 4.79 Å². The first kappa shape index (κ1) is 14.0. The number of pyridine rings is 1. The summed E-state index contributed by atoms with van der Waals surface area (Å²) in [5.41, 5.74) is -0.0409. The highest BCUT2D eigenvalue weighted by molar-refractivity contribution is 14.1. The van der Waals surface area contributed by atoms with Crippen molar-refractivity contribution in [3.63, 3.8) is 0 Å². The smallest absolute Gasteiger partial charge is 0.412 e. The second-order valence-electron chi connectivity index (χ2n) is 4.34. The maximum Gasteiger partial charge on any atom is 0.412 e. The number of ether oxygens (including phenoxy) is 2. The third-order valence-corrected chi connectivity index (χ3v) is 2.24. The van der Waals surface area contributed by atoms with Gasteiger partial charge in [0.2, 0.25) is 5.88 Å². The number of amides is 1. The van der Waals surface area contributed by atoms with E-state index in [1.807, 2.05) is 0 Å². The van der Waals surface area contributed by atoms with E-state index in [1.54, 1.807) is 33.0 Å². The Morgan fingerprint density at radius 2 is 2.12 bits per heavy atom. The largest absolute Gasteiger partial charge is 0.480 e. The number of hydrogen-bond acceptors (Lipinski definition) is 4. The molecule has 0 aliphatic carbocycles. The van der Waals surface area contributed by atoms with Crippen LogP contribution in [0.4, 0.5) is 10.5 Å². The molecule has 94 valence electrons. The number of nitrogens with one attached hydrogen (secondary N) is 1. The maximum absolute atomic E-state index is 11.6. The Kier molecular flexibility index (Phi) is 4.55. The molecular formula is C11H15IN2O3. The molecule has 1 amide bonds. The van der Waals surface area contributed by atoms with Crippen LogP contribution in [0.2, 0.25) is 0 Å². The number of aromatic nitrogens is 1. The molecule has 0 fully saturated rings. The molecule has 0 bridgehead atoms. The summed E-state index contributed by atoms with van der Waals surface area (Å²) in [6.45, 7) is 5.41. The second kappa shape index (κ2) is 5.52. The Bertz CT molecular complexity index is 416. The van der Waals surface area contributed by atoms with Gasteiger partial charge in [0.15, 0.2) is 0 Å². The molecule has 1 rings (SSSR count). The molecule has 0 unspecified atom stereocenters. The Balaban J connectivity index is 2.80. The molecule has 0 aliphatic rings. The summed E-state index contributed by atoms with van der Waals surface area (Å²) in [5.74, 6) is 0.358.